The van der Waals surface area contributed by atoms with Crippen LogP contribution in [0.2, 0.25) is 0 Å². The number of Topliss-reactive ketones (excluding diaryl/α,β-unsaturated/α-hetero) is 1. The summed E-state index contributed by atoms with van der Waals surface area (Å²) in [5.41, 5.74) is 2.91. The fourth-order valence-corrected chi connectivity index (χ4v) is 2.56. The van der Waals surface area contributed by atoms with Crippen LogP contribution in [0.4, 0.5) is 0 Å². The molecule has 0 aliphatic heterocycles. The third kappa shape index (κ3) is 4.54. The van der Waals surface area contributed by atoms with Crippen molar-refractivity contribution < 1.29 is 14.7 Å². The van der Waals surface area contributed by atoms with Gasteiger partial charge in [-0.25, -0.2) is 0 Å². The van der Waals surface area contributed by atoms with Crippen molar-refractivity contribution in [3.8, 4) is 5.75 Å². The normalized spacial score (nSPS) is 10.8. The number of aromatic nitrogens is 1. The Morgan fingerprint density at radius 2 is 1.88 bits per heavy atom. The molecule has 1 heterocycles. The molecular weight excluding hydrogens is 328 g/mol. The Morgan fingerprint density at radius 1 is 1.08 bits per heavy atom. The maximum atomic E-state index is 12.8. The summed E-state index contributed by atoms with van der Waals surface area (Å²) < 4.78 is 5.87. The van der Waals surface area contributed by atoms with E-state index in [2.05, 4.69) is 10.1 Å². The van der Waals surface area contributed by atoms with E-state index in [4.69, 9.17) is 9.94 Å². The SMILES string of the molecule is O=C(Cc1cccnc1)c1cc(/C=N/O)ccc1OCc1ccccc1. The predicted octanol–water partition coefficient (Wildman–Crippen LogP) is 3.89. The Bertz CT molecular complexity index is 894. The second kappa shape index (κ2) is 8.58. The highest BCUT2D eigenvalue weighted by atomic mass is 16.5. The number of hydrogen-bond acceptors (Lipinski definition) is 5. The molecule has 0 saturated heterocycles. The van der Waals surface area contributed by atoms with E-state index in [0.29, 0.717) is 23.5 Å². The summed E-state index contributed by atoms with van der Waals surface area (Å²) in [6, 6.07) is 18.5. The van der Waals surface area contributed by atoms with Crippen molar-refractivity contribution in [1.82, 2.24) is 4.98 Å². The van der Waals surface area contributed by atoms with Crippen LogP contribution >= 0.6 is 0 Å². The summed E-state index contributed by atoms with van der Waals surface area (Å²) in [7, 11) is 0. The van der Waals surface area contributed by atoms with Gasteiger partial charge >= 0.3 is 0 Å². The Hall–Kier alpha value is -3.47. The number of oxime groups is 1. The molecule has 2 aromatic carbocycles. The molecule has 0 bridgehead atoms. The van der Waals surface area contributed by atoms with Crippen LogP contribution in [-0.4, -0.2) is 22.2 Å². The third-order valence-corrected chi connectivity index (χ3v) is 3.84. The van der Waals surface area contributed by atoms with E-state index < -0.39 is 0 Å². The van der Waals surface area contributed by atoms with E-state index in [0.717, 1.165) is 11.1 Å². The van der Waals surface area contributed by atoms with Gasteiger partial charge in [-0.05, 0) is 41.0 Å². The van der Waals surface area contributed by atoms with E-state index in [1.807, 2.05) is 36.4 Å². The van der Waals surface area contributed by atoms with Crippen molar-refractivity contribution in [3.63, 3.8) is 0 Å². The molecule has 0 aliphatic rings. The zero-order valence-corrected chi connectivity index (χ0v) is 14.1. The fraction of sp³-hybridized carbons (Fsp3) is 0.0952. The van der Waals surface area contributed by atoms with Crippen molar-refractivity contribution in [3.05, 3.63) is 95.3 Å². The smallest absolute Gasteiger partial charge is 0.171 e. The highest BCUT2D eigenvalue weighted by Gasteiger charge is 2.14. The quantitative estimate of drug-likeness (QED) is 0.305. The average Bonchev–Trinajstić information content (AvgIpc) is 2.69. The molecule has 0 amide bonds. The van der Waals surface area contributed by atoms with E-state index in [1.54, 1.807) is 36.7 Å². The fourth-order valence-electron chi connectivity index (χ4n) is 2.56. The molecule has 0 unspecified atom stereocenters. The molecule has 130 valence electrons. The number of ether oxygens (including phenoxy) is 1. The molecule has 5 heteroatoms. The van der Waals surface area contributed by atoms with Crippen molar-refractivity contribution >= 4 is 12.0 Å². The highest BCUT2D eigenvalue weighted by molar-refractivity contribution is 6.01. The van der Waals surface area contributed by atoms with Gasteiger partial charge in [0.15, 0.2) is 5.78 Å². The lowest BCUT2D eigenvalue weighted by Gasteiger charge is -2.12. The highest BCUT2D eigenvalue weighted by Crippen LogP contribution is 2.23. The average molecular weight is 346 g/mol. The van der Waals surface area contributed by atoms with Gasteiger partial charge in [-0.1, -0.05) is 41.6 Å². The third-order valence-electron chi connectivity index (χ3n) is 3.84. The molecule has 1 N–H and O–H groups in total. The standard InChI is InChI=1S/C21H18N2O3/c24-20(12-17-7-4-10-22-13-17)19-11-18(14-23-25)8-9-21(19)26-15-16-5-2-1-3-6-16/h1-11,13-14,25H,12,15H2/b23-14+. The molecule has 0 aliphatic carbocycles. The van der Waals surface area contributed by atoms with Crippen LogP contribution in [0.25, 0.3) is 0 Å². The number of rotatable bonds is 7. The van der Waals surface area contributed by atoms with Gasteiger partial charge in [0.05, 0.1) is 11.8 Å². The molecular formula is C21H18N2O3. The van der Waals surface area contributed by atoms with Crippen molar-refractivity contribution in [1.29, 1.82) is 0 Å². The zero-order chi connectivity index (χ0) is 18.2. The van der Waals surface area contributed by atoms with E-state index in [-0.39, 0.29) is 12.2 Å². The first kappa shape index (κ1) is 17.4. The Labute approximate surface area is 151 Å². The molecule has 0 radical (unpaired) electrons. The predicted molar refractivity (Wildman–Crippen MR) is 98.9 cm³/mol. The van der Waals surface area contributed by atoms with Crippen LogP contribution in [0.3, 0.4) is 0 Å². The van der Waals surface area contributed by atoms with Gasteiger partial charge in [-0.3, -0.25) is 9.78 Å². The Balaban J connectivity index is 1.84. The number of carbonyl (C=O) groups is 1. The molecule has 0 saturated carbocycles. The summed E-state index contributed by atoms with van der Waals surface area (Å²) in [5.74, 6) is 0.409. The summed E-state index contributed by atoms with van der Waals surface area (Å²) in [5, 5.41) is 11.8. The number of benzene rings is 2. The zero-order valence-electron chi connectivity index (χ0n) is 14.1. The molecule has 1 aromatic heterocycles. The number of nitrogens with zero attached hydrogens (tertiary/aromatic N) is 2. The maximum absolute atomic E-state index is 12.8. The second-order valence-corrected chi connectivity index (χ2v) is 5.74. The summed E-state index contributed by atoms with van der Waals surface area (Å²) in [6.45, 7) is 0.363. The lowest BCUT2D eigenvalue weighted by Crippen LogP contribution is -2.08. The monoisotopic (exact) mass is 346 g/mol. The molecule has 0 atom stereocenters. The number of hydrogen-bond donors (Lipinski definition) is 1. The van der Waals surface area contributed by atoms with Gasteiger partial charge in [0.2, 0.25) is 0 Å². The van der Waals surface area contributed by atoms with Gasteiger partial charge in [0.1, 0.15) is 12.4 Å². The van der Waals surface area contributed by atoms with Crippen LogP contribution in [0.1, 0.15) is 27.0 Å². The van der Waals surface area contributed by atoms with Gasteiger partial charge in [-0.2, -0.15) is 0 Å². The minimum absolute atomic E-state index is 0.0887. The Morgan fingerprint density at radius 3 is 2.62 bits per heavy atom. The number of carbonyl (C=O) groups excluding carboxylic acids is 1. The van der Waals surface area contributed by atoms with Crippen LogP contribution in [0.15, 0.2) is 78.2 Å². The van der Waals surface area contributed by atoms with Gasteiger partial charge < -0.3 is 9.94 Å². The van der Waals surface area contributed by atoms with Crippen molar-refractivity contribution in [2.45, 2.75) is 13.0 Å². The molecule has 0 fully saturated rings. The molecule has 3 rings (SSSR count). The van der Waals surface area contributed by atoms with Crippen molar-refractivity contribution in [2.75, 3.05) is 0 Å². The Kier molecular flexibility index (Phi) is 5.72. The number of pyridine rings is 1. The van der Waals surface area contributed by atoms with Crippen LogP contribution in [-0.2, 0) is 13.0 Å². The summed E-state index contributed by atoms with van der Waals surface area (Å²) in [4.78, 5) is 16.8. The number of ketones is 1. The minimum Gasteiger partial charge on any atom is -0.488 e. The van der Waals surface area contributed by atoms with E-state index in [9.17, 15) is 4.79 Å². The van der Waals surface area contributed by atoms with Crippen LogP contribution < -0.4 is 4.74 Å². The molecule has 0 spiro atoms. The lowest BCUT2D eigenvalue weighted by molar-refractivity contribution is 0.0988. The molecule has 3 aromatic rings. The minimum atomic E-state index is -0.0887. The van der Waals surface area contributed by atoms with Crippen LogP contribution in [0, 0.1) is 0 Å². The van der Waals surface area contributed by atoms with E-state index in [1.165, 1.54) is 6.21 Å². The summed E-state index contributed by atoms with van der Waals surface area (Å²) in [6.07, 6.45) is 4.83. The first-order valence-corrected chi connectivity index (χ1v) is 8.16. The summed E-state index contributed by atoms with van der Waals surface area (Å²) >= 11 is 0. The van der Waals surface area contributed by atoms with Gasteiger partial charge in [-0.15, -0.1) is 0 Å². The first-order chi connectivity index (χ1) is 12.8. The van der Waals surface area contributed by atoms with E-state index >= 15 is 0 Å². The molecule has 5 nitrogen and oxygen atoms in total. The van der Waals surface area contributed by atoms with Crippen molar-refractivity contribution in [2.24, 2.45) is 5.16 Å². The molecule has 26 heavy (non-hydrogen) atoms. The lowest BCUT2D eigenvalue weighted by atomic mass is 10.0. The second-order valence-electron chi connectivity index (χ2n) is 5.74. The van der Waals surface area contributed by atoms with Gasteiger partial charge in [0, 0.05) is 18.8 Å². The largest absolute Gasteiger partial charge is 0.488 e. The topological polar surface area (TPSA) is 71.8 Å². The first-order valence-electron chi connectivity index (χ1n) is 8.16. The maximum Gasteiger partial charge on any atom is 0.171 e. The van der Waals surface area contributed by atoms with Crippen LogP contribution in [0.5, 0.6) is 5.75 Å². The van der Waals surface area contributed by atoms with Gasteiger partial charge in [0.25, 0.3) is 0 Å².